The number of ether oxygens (including phenoxy) is 2. The van der Waals surface area contributed by atoms with Gasteiger partial charge in [-0.15, -0.1) is 0 Å². The lowest BCUT2D eigenvalue weighted by atomic mass is 9.87. The summed E-state index contributed by atoms with van der Waals surface area (Å²) in [4.78, 5) is 53.9. The summed E-state index contributed by atoms with van der Waals surface area (Å²) in [6.07, 6.45) is 3.91. The van der Waals surface area contributed by atoms with Crippen molar-refractivity contribution in [3.8, 4) is 11.5 Å². The molecule has 3 aromatic rings. The Morgan fingerprint density at radius 3 is 2.16 bits per heavy atom. The zero-order valence-electron chi connectivity index (χ0n) is 21.6. The molecule has 0 bridgehead atoms. The minimum absolute atomic E-state index is 0.135. The van der Waals surface area contributed by atoms with Crippen molar-refractivity contribution in [2.24, 2.45) is 5.92 Å². The zero-order chi connectivity index (χ0) is 26.7. The first-order valence-electron chi connectivity index (χ1n) is 12.6. The fourth-order valence-electron chi connectivity index (χ4n) is 4.95. The van der Waals surface area contributed by atoms with Crippen LogP contribution in [0.2, 0.25) is 0 Å². The topological polar surface area (TPSA) is 90.0 Å². The lowest BCUT2D eigenvalue weighted by Crippen LogP contribution is -2.43. The van der Waals surface area contributed by atoms with Gasteiger partial charge < -0.3 is 9.47 Å². The van der Waals surface area contributed by atoms with Gasteiger partial charge in [0.25, 0.3) is 11.8 Å². The third-order valence-electron chi connectivity index (χ3n) is 6.91. The molecule has 0 fully saturated rings. The molecule has 1 atom stereocenters. The van der Waals surface area contributed by atoms with Crippen molar-refractivity contribution >= 4 is 34.3 Å². The van der Waals surface area contributed by atoms with E-state index in [1.54, 1.807) is 48.5 Å². The minimum Gasteiger partial charge on any atom is -0.496 e. The molecule has 0 aromatic heterocycles. The number of carbonyl (C=O) groups excluding carboxylic acids is 4. The van der Waals surface area contributed by atoms with Crippen molar-refractivity contribution in [3.63, 3.8) is 0 Å². The molecule has 0 aliphatic carbocycles. The van der Waals surface area contributed by atoms with Crippen LogP contribution in [0.1, 0.15) is 83.1 Å². The van der Waals surface area contributed by atoms with Crippen LogP contribution >= 0.6 is 0 Å². The summed E-state index contributed by atoms with van der Waals surface area (Å²) < 4.78 is 10.8. The Hall–Kier alpha value is -4.00. The summed E-state index contributed by atoms with van der Waals surface area (Å²) in [6, 6.07) is 12.9. The molecule has 0 spiro atoms. The van der Waals surface area contributed by atoms with E-state index in [-0.39, 0.29) is 34.6 Å². The quantitative estimate of drug-likeness (QED) is 0.151. The van der Waals surface area contributed by atoms with Gasteiger partial charge in [0.15, 0.2) is 5.78 Å². The van der Waals surface area contributed by atoms with Crippen molar-refractivity contribution in [1.29, 1.82) is 0 Å². The molecule has 4 rings (SSSR count). The lowest BCUT2D eigenvalue weighted by molar-refractivity contribution is -0.131. The van der Waals surface area contributed by atoms with E-state index >= 15 is 0 Å². The third kappa shape index (κ3) is 4.86. The number of esters is 1. The van der Waals surface area contributed by atoms with Crippen LogP contribution in [0, 0.1) is 5.92 Å². The van der Waals surface area contributed by atoms with Crippen molar-refractivity contribution in [3.05, 3.63) is 70.8 Å². The molecule has 1 aliphatic rings. The number of amides is 2. The number of hydrogen-bond acceptors (Lipinski definition) is 6. The van der Waals surface area contributed by atoms with Gasteiger partial charge in [0.05, 0.1) is 12.7 Å². The number of imide groups is 1. The number of benzene rings is 3. The number of ketones is 1. The average Bonchev–Trinajstić information content (AvgIpc) is 2.90. The molecule has 0 saturated heterocycles. The summed E-state index contributed by atoms with van der Waals surface area (Å²) in [5.41, 5.74) is 1.16. The van der Waals surface area contributed by atoms with Crippen LogP contribution in [0.4, 0.5) is 0 Å². The first-order valence-corrected chi connectivity index (χ1v) is 12.6. The molecule has 3 aromatic carbocycles. The van der Waals surface area contributed by atoms with Crippen LogP contribution in [0.15, 0.2) is 48.5 Å². The number of unbranched alkanes of at least 4 members (excludes halogenated alkanes) is 1. The highest BCUT2D eigenvalue weighted by Crippen LogP contribution is 2.39. The Bertz CT molecular complexity index is 1370. The summed E-state index contributed by atoms with van der Waals surface area (Å²) in [5, 5.41) is 0.794. The summed E-state index contributed by atoms with van der Waals surface area (Å²) in [5.74, 6) is -0.966. The maximum atomic E-state index is 13.7. The van der Waals surface area contributed by atoms with E-state index in [1.165, 1.54) is 18.9 Å². The molecule has 192 valence electrons. The largest absolute Gasteiger partial charge is 0.496 e. The third-order valence-corrected chi connectivity index (χ3v) is 6.91. The molecule has 7 heteroatoms. The Kier molecular flexibility index (Phi) is 7.71. The van der Waals surface area contributed by atoms with Crippen LogP contribution in [0.25, 0.3) is 10.8 Å². The van der Waals surface area contributed by atoms with Gasteiger partial charge in [-0.25, -0.2) is 0 Å². The maximum absolute atomic E-state index is 13.7. The number of para-hydroxylation sites is 1. The number of rotatable bonds is 10. The van der Waals surface area contributed by atoms with Gasteiger partial charge in [-0.1, -0.05) is 45.2 Å². The van der Waals surface area contributed by atoms with Crippen molar-refractivity contribution < 1.29 is 28.7 Å². The van der Waals surface area contributed by atoms with E-state index in [4.69, 9.17) is 9.47 Å². The zero-order valence-corrected chi connectivity index (χ0v) is 21.6. The van der Waals surface area contributed by atoms with E-state index in [9.17, 15) is 19.2 Å². The summed E-state index contributed by atoms with van der Waals surface area (Å²) in [6.45, 7) is 5.82. The van der Waals surface area contributed by atoms with E-state index in [0.29, 0.717) is 34.2 Å². The fourth-order valence-corrected chi connectivity index (χ4v) is 4.95. The molecule has 0 saturated carbocycles. The smallest absolute Gasteiger partial charge is 0.308 e. The lowest BCUT2D eigenvalue weighted by Gasteiger charge is -2.31. The van der Waals surface area contributed by atoms with Gasteiger partial charge in [0.1, 0.15) is 11.5 Å². The normalized spacial score (nSPS) is 13.6. The SMILES string of the molecule is CCCCC(CC)CN1C(=O)c2ccc(OC)c3c(C(=O)c4ccccc4OC(C)=O)ccc(c23)C1=O. The second-order valence-corrected chi connectivity index (χ2v) is 9.28. The summed E-state index contributed by atoms with van der Waals surface area (Å²) >= 11 is 0. The van der Waals surface area contributed by atoms with Gasteiger partial charge in [-0.3, -0.25) is 24.1 Å². The predicted molar refractivity (Wildman–Crippen MR) is 140 cm³/mol. The van der Waals surface area contributed by atoms with Crippen LogP contribution < -0.4 is 9.47 Å². The molecule has 1 aliphatic heterocycles. The monoisotopic (exact) mass is 501 g/mol. The molecule has 0 N–H and O–H groups in total. The van der Waals surface area contributed by atoms with Crippen LogP contribution in [0.3, 0.4) is 0 Å². The van der Waals surface area contributed by atoms with Gasteiger partial charge in [-0.2, -0.15) is 0 Å². The number of nitrogens with zero attached hydrogens (tertiary/aromatic N) is 1. The molecule has 1 unspecified atom stereocenters. The van der Waals surface area contributed by atoms with Gasteiger partial charge in [0, 0.05) is 40.9 Å². The number of hydrogen-bond donors (Lipinski definition) is 0. The molecule has 0 radical (unpaired) electrons. The molecular weight excluding hydrogens is 470 g/mol. The summed E-state index contributed by atoms with van der Waals surface area (Å²) in [7, 11) is 1.48. The van der Waals surface area contributed by atoms with Gasteiger partial charge in [0.2, 0.25) is 0 Å². The Balaban J connectivity index is 1.85. The van der Waals surface area contributed by atoms with Crippen LogP contribution in [0.5, 0.6) is 11.5 Å². The second-order valence-electron chi connectivity index (χ2n) is 9.28. The molecular formula is C30H31NO6. The number of methoxy groups -OCH3 is 1. The van der Waals surface area contributed by atoms with Crippen LogP contribution in [-0.4, -0.2) is 42.1 Å². The minimum atomic E-state index is -0.546. The van der Waals surface area contributed by atoms with Crippen LogP contribution in [-0.2, 0) is 4.79 Å². The standard InChI is InChI=1S/C30H31NO6/c1-5-7-10-19(6-2)17-31-29(34)22-14-13-21(27-25(36-4)16-15-23(26(22)27)30(31)35)28(33)20-11-8-9-12-24(20)37-18(3)32/h8-9,11-16,19H,5-7,10,17H2,1-4H3. The van der Waals surface area contributed by atoms with Crippen molar-refractivity contribution in [1.82, 2.24) is 4.90 Å². The fraction of sp³-hybridized carbons (Fsp3) is 0.333. The predicted octanol–water partition coefficient (Wildman–Crippen LogP) is 5.82. The highest BCUT2D eigenvalue weighted by molar-refractivity contribution is 6.30. The van der Waals surface area contributed by atoms with E-state index < -0.39 is 11.8 Å². The molecule has 37 heavy (non-hydrogen) atoms. The Labute approximate surface area is 216 Å². The van der Waals surface area contributed by atoms with Gasteiger partial charge >= 0.3 is 5.97 Å². The molecule has 2 amide bonds. The van der Waals surface area contributed by atoms with Crippen molar-refractivity contribution in [2.75, 3.05) is 13.7 Å². The highest BCUT2D eigenvalue weighted by Gasteiger charge is 2.36. The Morgan fingerprint density at radius 2 is 1.54 bits per heavy atom. The first-order chi connectivity index (χ1) is 17.8. The number of carbonyl (C=O) groups is 4. The molecule has 7 nitrogen and oxygen atoms in total. The van der Waals surface area contributed by atoms with Gasteiger partial charge in [-0.05, 0) is 48.7 Å². The highest BCUT2D eigenvalue weighted by atomic mass is 16.5. The van der Waals surface area contributed by atoms with E-state index in [2.05, 4.69) is 13.8 Å². The second kappa shape index (κ2) is 10.9. The molecule has 1 heterocycles. The van der Waals surface area contributed by atoms with Crippen molar-refractivity contribution in [2.45, 2.75) is 46.5 Å². The average molecular weight is 502 g/mol. The first kappa shape index (κ1) is 26.1. The van der Waals surface area contributed by atoms with E-state index in [0.717, 1.165) is 25.7 Å². The Morgan fingerprint density at radius 1 is 0.865 bits per heavy atom. The van der Waals surface area contributed by atoms with E-state index in [1.807, 2.05) is 0 Å². The maximum Gasteiger partial charge on any atom is 0.308 e.